The largest absolute Gasteiger partial charge is 0.449 e. The maximum absolute atomic E-state index is 13.3. The molecule has 0 aliphatic heterocycles. The van der Waals surface area contributed by atoms with Gasteiger partial charge in [0.1, 0.15) is 0 Å². The average molecular weight is 365 g/mol. The number of nitrogens with zero attached hydrogens (tertiary/aromatic N) is 3. The number of methoxy groups -OCH3 is 1. The Balaban J connectivity index is 2.20. The van der Waals surface area contributed by atoms with Crippen LogP contribution in [0.1, 0.15) is 11.4 Å². The van der Waals surface area contributed by atoms with E-state index in [1.54, 1.807) is 44.4 Å². The summed E-state index contributed by atoms with van der Waals surface area (Å²) in [7, 11) is 3.08. The Labute approximate surface area is 147 Å². The molecule has 5 nitrogen and oxygen atoms in total. The van der Waals surface area contributed by atoms with Crippen LogP contribution in [-0.2, 0) is 24.5 Å². The molecule has 26 heavy (non-hydrogen) atoms. The number of halogens is 3. The highest BCUT2D eigenvalue weighted by Gasteiger charge is 2.37. The fourth-order valence-corrected chi connectivity index (χ4v) is 2.96. The van der Waals surface area contributed by atoms with Crippen molar-refractivity contribution in [2.45, 2.75) is 19.6 Å². The lowest BCUT2D eigenvalue weighted by molar-refractivity contribution is -0.147. The molecular formula is C18H18F3N3O2. The van der Waals surface area contributed by atoms with Crippen LogP contribution >= 0.6 is 0 Å². The number of imidazole rings is 1. The third-order valence-electron chi connectivity index (χ3n) is 4.22. The first kappa shape index (κ1) is 18.2. The number of ether oxygens (including phenoxy) is 1. The fraction of sp³-hybridized carbons (Fsp3) is 0.333. The summed E-state index contributed by atoms with van der Waals surface area (Å²) in [5, 5.41) is 0. The predicted octanol–water partition coefficient (Wildman–Crippen LogP) is 3.38. The molecule has 2 heterocycles. The van der Waals surface area contributed by atoms with E-state index in [9.17, 15) is 18.0 Å². The monoisotopic (exact) mass is 365 g/mol. The normalized spacial score (nSPS) is 12.1. The zero-order valence-corrected chi connectivity index (χ0v) is 14.6. The molecule has 0 atom stereocenters. The van der Waals surface area contributed by atoms with Crippen LogP contribution in [0.15, 0.2) is 35.3 Å². The highest BCUT2D eigenvalue weighted by Crippen LogP contribution is 2.33. The molecule has 138 valence electrons. The third kappa shape index (κ3) is 3.24. The van der Waals surface area contributed by atoms with Crippen LogP contribution in [0.3, 0.4) is 0 Å². The van der Waals surface area contributed by atoms with Crippen molar-refractivity contribution in [1.82, 2.24) is 14.1 Å². The Morgan fingerprint density at radius 3 is 2.54 bits per heavy atom. The number of alkyl halides is 3. The van der Waals surface area contributed by atoms with E-state index in [1.165, 1.54) is 11.7 Å². The van der Waals surface area contributed by atoms with Crippen LogP contribution in [0.4, 0.5) is 13.2 Å². The first-order chi connectivity index (χ1) is 12.2. The number of rotatable bonds is 4. The van der Waals surface area contributed by atoms with E-state index in [0.29, 0.717) is 16.6 Å². The molecule has 0 aliphatic rings. The number of aryl methyl sites for hydroxylation is 2. The van der Waals surface area contributed by atoms with E-state index < -0.39 is 12.0 Å². The van der Waals surface area contributed by atoms with Gasteiger partial charge in [0.15, 0.2) is 0 Å². The summed E-state index contributed by atoms with van der Waals surface area (Å²) in [6.45, 7) is 1.88. The van der Waals surface area contributed by atoms with E-state index in [1.807, 2.05) is 0 Å². The zero-order valence-electron chi connectivity index (χ0n) is 14.6. The van der Waals surface area contributed by atoms with Crippen molar-refractivity contribution in [3.05, 3.63) is 52.2 Å². The van der Waals surface area contributed by atoms with Gasteiger partial charge in [0, 0.05) is 32.5 Å². The number of benzene rings is 1. The molecule has 0 bridgehead atoms. The molecule has 0 spiro atoms. The highest BCUT2D eigenvalue weighted by atomic mass is 19.4. The van der Waals surface area contributed by atoms with E-state index >= 15 is 0 Å². The topological polar surface area (TPSA) is 49.1 Å². The van der Waals surface area contributed by atoms with Gasteiger partial charge in [0.05, 0.1) is 17.6 Å². The average Bonchev–Trinajstić information content (AvgIpc) is 2.95. The van der Waals surface area contributed by atoms with Crippen molar-refractivity contribution >= 4 is 11.0 Å². The second-order valence-electron chi connectivity index (χ2n) is 6.11. The molecule has 0 radical (unpaired) electrons. The first-order valence-corrected chi connectivity index (χ1v) is 7.96. The molecule has 2 aromatic heterocycles. The van der Waals surface area contributed by atoms with Gasteiger partial charge in [-0.05, 0) is 36.2 Å². The minimum absolute atomic E-state index is 0.0393. The summed E-state index contributed by atoms with van der Waals surface area (Å²) in [6, 6.07) is 6.65. The Hall–Kier alpha value is -2.61. The number of hydrogen-bond donors (Lipinski definition) is 0. The molecule has 0 N–H and O–H groups in total. The molecule has 0 fully saturated rings. The third-order valence-corrected chi connectivity index (χ3v) is 4.22. The minimum Gasteiger partial charge on any atom is -0.383 e. The maximum Gasteiger partial charge on any atom is 0.449 e. The van der Waals surface area contributed by atoms with Crippen LogP contribution in [-0.4, -0.2) is 27.8 Å². The lowest BCUT2D eigenvalue weighted by Crippen LogP contribution is -2.18. The standard InChI is InChI=1S/C18H18F3N3O2/c1-11-8-13(10-23(2)16(11)25)12-4-5-14-15(9-12)24(6-7-26-3)17(22-14)18(19,20)21/h4-5,8-10H,6-7H2,1-3H3. The quantitative estimate of drug-likeness (QED) is 0.712. The van der Waals surface area contributed by atoms with Crippen LogP contribution in [0.25, 0.3) is 22.2 Å². The lowest BCUT2D eigenvalue weighted by atomic mass is 10.1. The lowest BCUT2D eigenvalue weighted by Gasteiger charge is -2.11. The second-order valence-corrected chi connectivity index (χ2v) is 6.11. The van der Waals surface area contributed by atoms with Crippen molar-refractivity contribution in [2.75, 3.05) is 13.7 Å². The van der Waals surface area contributed by atoms with E-state index in [2.05, 4.69) is 4.98 Å². The summed E-state index contributed by atoms with van der Waals surface area (Å²) >= 11 is 0. The predicted molar refractivity (Wildman–Crippen MR) is 92.0 cm³/mol. The fourth-order valence-electron chi connectivity index (χ4n) is 2.96. The van der Waals surface area contributed by atoms with E-state index in [0.717, 1.165) is 10.1 Å². The van der Waals surface area contributed by atoms with Crippen molar-refractivity contribution in [1.29, 1.82) is 0 Å². The summed E-state index contributed by atoms with van der Waals surface area (Å²) in [6.07, 6.45) is -2.89. The number of pyridine rings is 1. The summed E-state index contributed by atoms with van der Waals surface area (Å²) in [5.41, 5.74) is 2.55. The van der Waals surface area contributed by atoms with Gasteiger partial charge in [-0.15, -0.1) is 0 Å². The molecule has 3 rings (SSSR count). The first-order valence-electron chi connectivity index (χ1n) is 7.96. The smallest absolute Gasteiger partial charge is 0.383 e. The van der Waals surface area contributed by atoms with E-state index in [-0.39, 0.29) is 24.2 Å². The Morgan fingerprint density at radius 1 is 1.19 bits per heavy atom. The minimum atomic E-state index is -4.56. The Morgan fingerprint density at radius 2 is 1.92 bits per heavy atom. The molecule has 0 unspecified atom stereocenters. The van der Waals surface area contributed by atoms with Gasteiger partial charge < -0.3 is 13.9 Å². The van der Waals surface area contributed by atoms with Crippen LogP contribution in [0.2, 0.25) is 0 Å². The molecule has 1 aromatic carbocycles. The van der Waals surface area contributed by atoms with Crippen LogP contribution < -0.4 is 5.56 Å². The summed E-state index contributed by atoms with van der Waals surface area (Å²) in [5.74, 6) is -0.946. The maximum atomic E-state index is 13.3. The number of aromatic nitrogens is 3. The van der Waals surface area contributed by atoms with Crippen molar-refractivity contribution < 1.29 is 17.9 Å². The summed E-state index contributed by atoms with van der Waals surface area (Å²) in [4.78, 5) is 15.6. The SMILES string of the molecule is COCCn1c(C(F)(F)F)nc2ccc(-c3cc(C)c(=O)n(C)c3)cc21. The van der Waals surface area contributed by atoms with Gasteiger partial charge in [-0.3, -0.25) is 4.79 Å². The number of fused-ring (bicyclic) bond motifs is 1. The molecule has 0 aliphatic carbocycles. The second kappa shape index (κ2) is 6.60. The van der Waals surface area contributed by atoms with Crippen molar-refractivity contribution in [3.8, 4) is 11.1 Å². The van der Waals surface area contributed by atoms with Gasteiger partial charge in [-0.1, -0.05) is 6.07 Å². The van der Waals surface area contributed by atoms with Gasteiger partial charge in [0.2, 0.25) is 5.82 Å². The Kier molecular flexibility index (Phi) is 4.62. The van der Waals surface area contributed by atoms with Crippen molar-refractivity contribution in [3.63, 3.8) is 0 Å². The van der Waals surface area contributed by atoms with E-state index in [4.69, 9.17) is 4.74 Å². The Bertz CT molecular complexity index is 993. The van der Waals surface area contributed by atoms with Gasteiger partial charge >= 0.3 is 6.18 Å². The zero-order chi connectivity index (χ0) is 19.1. The summed E-state index contributed by atoms with van der Waals surface area (Å²) < 4.78 is 47.5. The van der Waals surface area contributed by atoms with Gasteiger partial charge in [0.25, 0.3) is 5.56 Å². The molecule has 3 aromatic rings. The molecular weight excluding hydrogens is 347 g/mol. The highest BCUT2D eigenvalue weighted by molar-refractivity contribution is 5.82. The van der Waals surface area contributed by atoms with Crippen LogP contribution in [0.5, 0.6) is 0 Å². The molecule has 8 heteroatoms. The van der Waals surface area contributed by atoms with Gasteiger partial charge in [-0.25, -0.2) is 4.98 Å². The van der Waals surface area contributed by atoms with Crippen molar-refractivity contribution in [2.24, 2.45) is 7.05 Å². The van der Waals surface area contributed by atoms with Gasteiger partial charge in [-0.2, -0.15) is 13.2 Å². The van der Waals surface area contributed by atoms with Crippen LogP contribution in [0, 0.1) is 6.92 Å². The number of hydrogen-bond acceptors (Lipinski definition) is 3. The molecule has 0 saturated heterocycles. The molecule has 0 amide bonds. The molecule has 0 saturated carbocycles.